The Kier molecular flexibility index (Phi) is 5.33. The molecule has 1 fully saturated rings. The van der Waals surface area contributed by atoms with E-state index in [4.69, 9.17) is 4.74 Å². The zero-order valence-electron chi connectivity index (χ0n) is 12.6. The van der Waals surface area contributed by atoms with Gasteiger partial charge in [0, 0.05) is 18.2 Å². The Hall–Kier alpha value is -1.88. The van der Waals surface area contributed by atoms with Gasteiger partial charge in [-0.25, -0.2) is 4.79 Å². The van der Waals surface area contributed by atoms with Crippen molar-refractivity contribution in [2.75, 3.05) is 19.0 Å². The lowest BCUT2D eigenvalue weighted by atomic mass is 10.1. The summed E-state index contributed by atoms with van der Waals surface area (Å²) in [4.78, 5) is 23.5. The number of methoxy groups -OCH3 is 1. The fraction of sp³-hybridized carbons (Fsp3) is 0.500. The number of benzene rings is 1. The molecule has 0 spiro atoms. The Morgan fingerprint density at radius 3 is 2.90 bits per heavy atom. The van der Waals surface area contributed by atoms with E-state index in [0.717, 1.165) is 24.9 Å². The van der Waals surface area contributed by atoms with E-state index < -0.39 is 5.97 Å². The minimum atomic E-state index is -0.402. The van der Waals surface area contributed by atoms with Crippen molar-refractivity contribution in [3.8, 4) is 0 Å². The Labute approximate surface area is 125 Å². The predicted octanol–water partition coefficient (Wildman–Crippen LogP) is 2.25. The van der Waals surface area contributed by atoms with Gasteiger partial charge in [0.2, 0.25) is 5.91 Å². The van der Waals surface area contributed by atoms with Gasteiger partial charge in [-0.05, 0) is 50.4 Å². The summed E-state index contributed by atoms with van der Waals surface area (Å²) in [6, 6.07) is 5.62. The molecule has 0 aliphatic carbocycles. The van der Waals surface area contributed by atoms with E-state index >= 15 is 0 Å². The molecule has 1 aromatic rings. The summed E-state index contributed by atoms with van der Waals surface area (Å²) in [7, 11) is 1.34. The van der Waals surface area contributed by atoms with E-state index in [1.54, 1.807) is 18.2 Å². The zero-order chi connectivity index (χ0) is 15.2. The number of ether oxygens (including phenoxy) is 1. The van der Waals surface area contributed by atoms with Gasteiger partial charge in [0.15, 0.2) is 0 Å². The van der Waals surface area contributed by atoms with Crippen LogP contribution in [-0.2, 0) is 9.53 Å². The first kappa shape index (κ1) is 15.5. The molecule has 0 aromatic heterocycles. The fourth-order valence-electron chi connectivity index (χ4n) is 2.52. The maximum atomic E-state index is 12.0. The maximum absolute atomic E-state index is 12.0. The van der Waals surface area contributed by atoms with Gasteiger partial charge in [-0.3, -0.25) is 4.79 Å². The average molecular weight is 290 g/mol. The molecule has 5 heteroatoms. The second-order valence-corrected chi connectivity index (χ2v) is 5.40. The van der Waals surface area contributed by atoms with Gasteiger partial charge in [-0.15, -0.1) is 0 Å². The van der Waals surface area contributed by atoms with E-state index in [-0.39, 0.29) is 5.91 Å². The first-order valence-corrected chi connectivity index (χ1v) is 7.32. The number of rotatable bonds is 5. The molecular formula is C16H22N2O3. The van der Waals surface area contributed by atoms with E-state index in [0.29, 0.717) is 23.7 Å². The molecule has 0 saturated carbocycles. The third kappa shape index (κ3) is 4.29. The molecule has 1 aliphatic rings. The minimum Gasteiger partial charge on any atom is -0.465 e. The van der Waals surface area contributed by atoms with Crippen LogP contribution in [0.2, 0.25) is 0 Å². The minimum absolute atomic E-state index is 0.0196. The number of aryl methyl sites for hydroxylation is 1. The number of carbonyl (C=O) groups excluding carboxylic acids is 2. The summed E-state index contributed by atoms with van der Waals surface area (Å²) in [5, 5.41) is 6.26. The molecule has 114 valence electrons. The lowest BCUT2D eigenvalue weighted by Crippen LogP contribution is -2.23. The monoisotopic (exact) mass is 290 g/mol. The highest BCUT2D eigenvalue weighted by Gasteiger charge is 2.16. The summed E-state index contributed by atoms with van der Waals surface area (Å²) < 4.78 is 4.69. The third-order valence-corrected chi connectivity index (χ3v) is 3.81. The van der Waals surface area contributed by atoms with Crippen LogP contribution in [0.4, 0.5) is 5.69 Å². The van der Waals surface area contributed by atoms with E-state index in [9.17, 15) is 9.59 Å². The Balaban J connectivity index is 1.94. The molecule has 0 radical (unpaired) electrons. The standard InChI is InChI=1S/C16H22N2O3/c1-11-5-6-12(16(20)21-2)10-14(11)18-15(19)8-7-13-4-3-9-17-13/h5-6,10,13,17H,3-4,7-9H2,1-2H3,(H,18,19). The van der Waals surface area contributed by atoms with Crippen molar-refractivity contribution in [1.82, 2.24) is 5.32 Å². The van der Waals surface area contributed by atoms with Crippen LogP contribution in [0.1, 0.15) is 41.6 Å². The average Bonchev–Trinajstić information content (AvgIpc) is 3.00. The van der Waals surface area contributed by atoms with Crippen molar-refractivity contribution in [2.45, 2.75) is 38.6 Å². The Morgan fingerprint density at radius 2 is 2.24 bits per heavy atom. The smallest absolute Gasteiger partial charge is 0.337 e. The molecule has 1 aliphatic heterocycles. The molecule has 1 aromatic carbocycles. The summed E-state index contributed by atoms with van der Waals surface area (Å²) in [5.74, 6) is -0.422. The van der Waals surface area contributed by atoms with Crippen LogP contribution in [0.3, 0.4) is 0 Å². The molecule has 2 rings (SSSR count). The van der Waals surface area contributed by atoms with Crippen molar-refractivity contribution >= 4 is 17.6 Å². The van der Waals surface area contributed by atoms with Crippen LogP contribution >= 0.6 is 0 Å². The van der Waals surface area contributed by atoms with E-state index in [1.807, 2.05) is 6.92 Å². The second-order valence-electron chi connectivity index (χ2n) is 5.40. The molecule has 0 bridgehead atoms. The number of esters is 1. The van der Waals surface area contributed by atoms with Gasteiger partial charge in [0.05, 0.1) is 12.7 Å². The van der Waals surface area contributed by atoms with Gasteiger partial charge in [0.1, 0.15) is 0 Å². The molecule has 5 nitrogen and oxygen atoms in total. The summed E-state index contributed by atoms with van der Waals surface area (Å²) in [6.45, 7) is 2.95. The summed E-state index contributed by atoms with van der Waals surface area (Å²) in [5.41, 5.74) is 2.04. The van der Waals surface area contributed by atoms with Crippen LogP contribution in [0.25, 0.3) is 0 Å². The highest BCUT2D eigenvalue weighted by Crippen LogP contribution is 2.18. The van der Waals surface area contributed by atoms with Gasteiger partial charge >= 0.3 is 5.97 Å². The van der Waals surface area contributed by atoms with E-state index in [1.165, 1.54) is 13.5 Å². The largest absolute Gasteiger partial charge is 0.465 e. The molecule has 21 heavy (non-hydrogen) atoms. The number of nitrogens with one attached hydrogen (secondary N) is 2. The van der Waals surface area contributed by atoms with Gasteiger partial charge in [-0.1, -0.05) is 6.07 Å². The molecule has 1 heterocycles. The topological polar surface area (TPSA) is 67.4 Å². The van der Waals surface area contributed by atoms with Gasteiger partial charge in [0.25, 0.3) is 0 Å². The number of hydrogen-bond donors (Lipinski definition) is 2. The quantitative estimate of drug-likeness (QED) is 0.816. The highest BCUT2D eigenvalue weighted by atomic mass is 16.5. The van der Waals surface area contributed by atoms with Crippen LogP contribution in [0.5, 0.6) is 0 Å². The van der Waals surface area contributed by atoms with Crippen LogP contribution in [0.15, 0.2) is 18.2 Å². The number of hydrogen-bond acceptors (Lipinski definition) is 4. The van der Waals surface area contributed by atoms with Crippen LogP contribution in [-0.4, -0.2) is 31.6 Å². The van der Waals surface area contributed by atoms with Gasteiger partial charge < -0.3 is 15.4 Å². The van der Waals surface area contributed by atoms with E-state index in [2.05, 4.69) is 10.6 Å². The molecule has 2 N–H and O–H groups in total. The van der Waals surface area contributed by atoms with Gasteiger partial charge in [-0.2, -0.15) is 0 Å². The lowest BCUT2D eigenvalue weighted by Gasteiger charge is -2.12. The first-order valence-electron chi connectivity index (χ1n) is 7.32. The summed E-state index contributed by atoms with van der Waals surface area (Å²) in [6.07, 6.45) is 3.66. The molecule has 1 unspecified atom stereocenters. The molecule has 1 atom stereocenters. The van der Waals surface area contributed by atoms with Crippen molar-refractivity contribution in [3.05, 3.63) is 29.3 Å². The van der Waals surface area contributed by atoms with Crippen molar-refractivity contribution in [2.24, 2.45) is 0 Å². The SMILES string of the molecule is COC(=O)c1ccc(C)c(NC(=O)CCC2CCCN2)c1. The second kappa shape index (κ2) is 7.22. The fourth-order valence-corrected chi connectivity index (χ4v) is 2.52. The van der Waals surface area contributed by atoms with Crippen LogP contribution < -0.4 is 10.6 Å². The zero-order valence-corrected chi connectivity index (χ0v) is 12.6. The van der Waals surface area contributed by atoms with Crippen molar-refractivity contribution in [1.29, 1.82) is 0 Å². The third-order valence-electron chi connectivity index (χ3n) is 3.81. The maximum Gasteiger partial charge on any atom is 0.337 e. The number of amides is 1. The van der Waals surface area contributed by atoms with Crippen LogP contribution in [0, 0.1) is 6.92 Å². The summed E-state index contributed by atoms with van der Waals surface area (Å²) >= 11 is 0. The Morgan fingerprint density at radius 1 is 1.43 bits per heavy atom. The highest BCUT2D eigenvalue weighted by molar-refractivity contribution is 5.95. The predicted molar refractivity (Wildman–Crippen MR) is 81.4 cm³/mol. The number of carbonyl (C=O) groups is 2. The molecular weight excluding hydrogens is 268 g/mol. The Bertz CT molecular complexity index is 522. The lowest BCUT2D eigenvalue weighted by molar-refractivity contribution is -0.116. The normalized spacial score (nSPS) is 17.5. The number of anilines is 1. The van der Waals surface area contributed by atoms with Crippen molar-refractivity contribution < 1.29 is 14.3 Å². The molecule has 1 saturated heterocycles. The molecule has 1 amide bonds. The first-order chi connectivity index (χ1) is 10.1. The van der Waals surface area contributed by atoms with Crippen molar-refractivity contribution in [3.63, 3.8) is 0 Å².